The number of thioether (sulfide) groups is 1. The number of anilines is 1. The van der Waals surface area contributed by atoms with Crippen molar-refractivity contribution in [3.8, 4) is 11.4 Å². The molecular formula is C16H12F3N5OS. The minimum atomic E-state index is -0.876. The molecule has 2 aromatic carbocycles. The summed E-state index contributed by atoms with van der Waals surface area (Å²) in [5, 5.41) is 10.0. The Labute approximate surface area is 150 Å². The van der Waals surface area contributed by atoms with Gasteiger partial charge in [-0.1, -0.05) is 30.0 Å². The third-order valence-electron chi connectivity index (χ3n) is 3.31. The summed E-state index contributed by atoms with van der Waals surface area (Å²) in [5.74, 6) is 3.03. The quantitative estimate of drug-likeness (QED) is 0.526. The van der Waals surface area contributed by atoms with Crippen LogP contribution in [0.4, 0.5) is 18.9 Å². The highest BCUT2D eigenvalue weighted by Gasteiger charge is 2.16. The van der Waals surface area contributed by atoms with Crippen LogP contribution >= 0.6 is 11.8 Å². The van der Waals surface area contributed by atoms with Gasteiger partial charge < -0.3 is 11.2 Å². The van der Waals surface area contributed by atoms with Crippen molar-refractivity contribution in [3.63, 3.8) is 0 Å². The number of nitrogens with zero attached hydrogens (tertiary/aromatic N) is 3. The minimum absolute atomic E-state index is 0.188. The van der Waals surface area contributed by atoms with Crippen molar-refractivity contribution in [1.29, 1.82) is 0 Å². The van der Waals surface area contributed by atoms with Crippen molar-refractivity contribution in [1.82, 2.24) is 14.9 Å². The van der Waals surface area contributed by atoms with Crippen molar-refractivity contribution in [2.45, 2.75) is 5.16 Å². The van der Waals surface area contributed by atoms with Crippen LogP contribution in [0.1, 0.15) is 0 Å². The maximum Gasteiger partial charge on any atom is 0.235 e. The topological polar surface area (TPSA) is 85.8 Å². The third-order valence-corrected chi connectivity index (χ3v) is 4.25. The zero-order chi connectivity index (χ0) is 18.7. The smallest absolute Gasteiger partial charge is 0.235 e. The Balaban J connectivity index is 1.68. The summed E-state index contributed by atoms with van der Waals surface area (Å²) in [6.07, 6.45) is 0. The molecule has 1 heterocycles. The molecule has 6 nitrogen and oxygen atoms in total. The Morgan fingerprint density at radius 1 is 1.12 bits per heavy atom. The van der Waals surface area contributed by atoms with Crippen LogP contribution in [0, 0.1) is 17.5 Å². The van der Waals surface area contributed by atoms with Crippen molar-refractivity contribution in [3.05, 3.63) is 59.9 Å². The van der Waals surface area contributed by atoms with E-state index in [4.69, 9.17) is 5.84 Å². The van der Waals surface area contributed by atoms with Crippen molar-refractivity contribution >= 4 is 23.4 Å². The lowest BCUT2D eigenvalue weighted by Crippen LogP contribution is -2.18. The molecule has 1 aromatic heterocycles. The lowest BCUT2D eigenvalue weighted by molar-refractivity contribution is -0.113. The maximum absolute atomic E-state index is 13.5. The van der Waals surface area contributed by atoms with E-state index in [0.717, 1.165) is 28.6 Å². The van der Waals surface area contributed by atoms with E-state index in [-0.39, 0.29) is 16.7 Å². The van der Waals surface area contributed by atoms with Crippen LogP contribution in [0.3, 0.4) is 0 Å². The molecule has 0 unspecified atom stereocenters. The summed E-state index contributed by atoms with van der Waals surface area (Å²) in [4.78, 5) is 11.9. The summed E-state index contributed by atoms with van der Waals surface area (Å²) in [6.45, 7) is 0. The predicted octanol–water partition coefficient (Wildman–Crippen LogP) is 2.81. The zero-order valence-corrected chi connectivity index (χ0v) is 13.9. The number of carbonyl (C=O) groups excluding carboxylic acids is 1. The minimum Gasteiger partial charge on any atom is -0.335 e. The fraction of sp³-hybridized carbons (Fsp3) is 0.0625. The van der Waals surface area contributed by atoms with Crippen LogP contribution in [0.25, 0.3) is 11.4 Å². The highest BCUT2D eigenvalue weighted by atomic mass is 32.2. The molecule has 0 fully saturated rings. The second-order valence-corrected chi connectivity index (χ2v) is 6.06. The Bertz CT molecular complexity index is 943. The van der Waals surface area contributed by atoms with E-state index in [9.17, 15) is 18.0 Å². The first-order valence-corrected chi connectivity index (χ1v) is 8.27. The number of nitrogens with two attached hydrogens (primary N) is 1. The molecule has 3 N–H and O–H groups in total. The number of halogens is 3. The monoisotopic (exact) mass is 379 g/mol. The Hall–Kier alpha value is -3.01. The second kappa shape index (κ2) is 7.48. The van der Waals surface area contributed by atoms with E-state index in [1.165, 1.54) is 24.3 Å². The molecule has 0 saturated heterocycles. The molecule has 0 aliphatic carbocycles. The molecule has 1 amide bonds. The average molecular weight is 379 g/mol. The van der Waals surface area contributed by atoms with Crippen LogP contribution in [0.15, 0.2) is 47.6 Å². The van der Waals surface area contributed by atoms with E-state index < -0.39 is 29.0 Å². The summed E-state index contributed by atoms with van der Waals surface area (Å²) in [7, 11) is 0. The first-order chi connectivity index (χ1) is 12.5. The number of hydrogen-bond acceptors (Lipinski definition) is 5. The van der Waals surface area contributed by atoms with Gasteiger partial charge in [-0.25, -0.2) is 17.8 Å². The maximum atomic E-state index is 13.5. The fourth-order valence-electron chi connectivity index (χ4n) is 2.12. The van der Waals surface area contributed by atoms with Gasteiger partial charge in [0.25, 0.3) is 0 Å². The van der Waals surface area contributed by atoms with E-state index in [1.54, 1.807) is 6.07 Å². The number of hydrogen-bond donors (Lipinski definition) is 2. The van der Waals surface area contributed by atoms with Gasteiger partial charge in [0.1, 0.15) is 23.1 Å². The average Bonchev–Trinajstić information content (AvgIpc) is 2.97. The highest BCUT2D eigenvalue weighted by molar-refractivity contribution is 7.99. The summed E-state index contributed by atoms with van der Waals surface area (Å²) >= 11 is 0.919. The first kappa shape index (κ1) is 17.8. The molecular weight excluding hydrogens is 367 g/mol. The molecule has 0 spiro atoms. The van der Waals surface area contributed by atoms with E-state index in [2.05, 4.69) is 15.5 Å². The summed E-state index contributed by atoms with van der Waals surface area (Å²) in [6, 6.07) is 8.90. The van der Waals surface area contributed by atoms with Gasteiger partial charge >= 0.3 is 0 Å². The Morgan fingerprint density at radius 2 is 1.81 bits per heavy atom. The molecule has 26 heavy (non-hydrogen) atoms. The number of amides is 1. The molecule has 0 radical (unpaired) electrons. The van der Waals surface area contributed by atoms with Gasteiger partial charge in [-0.15, -0.1) is 10.2 Å². The fourth-order valence-corrected chi connectivity index (χ4v) is 2.78. The molecule has 0 aliphatic heterocycles. The standard InChI is InChI=1S/C16H12F3N5OS/c17-10-4-1-3-9(7-10)15-22-23-16(24(15)20)26-8-13(25)21-14-11(18)5-2-6-12(14)19/h1-7H,8,20H2,(H,21,25). The number of para-hydroxylation sites is 1. The van der Waals surface area contributed by atoms with Gasteiger partial charge in [-0.3, -0.25) is 4.79 Å². The molecule has 0 saturated carbocycles. The van der Waals surface area contributed by atoms with Crippen LogP contribution in [0.2, 0.25) is 0 Å². The molecule has 10 heteroatoms. The number of nitrogens with one attached hydrogen (secondary N) is 1. The number of benzene rings is 2. The van der Waals surface area contributed by atoms with Gasteiger partial charge in [0.05, 0.1) is 5.75 Å². The van der Waals surface area contributed by atoms with Gasteiger partial charge in [-0.2, -0.15) is 0 Å². The van der Waals surface area contributed by atoms with E-state index in [1.807, 2.05) is 0 Å². The molecule has 3 aromatic rings. The van der Waals surface area contributed by atoms with Crippen molar-refractivity contribution < 1.29 is 18.0 Å². The molecule has 0 bridgehead atoms. The highest BCUT2D eigenvalue weighted by Crippen LogP contribution is 2.23. The molecule has 134 valence electrons. The summed E-state index contributed by atoms with van der Waals surface area (Å²) in [5.41, 5.74) is -0.0995. The van der Waals surface area contributed by atoms with Crippen molar-refractivity contribution in [2.24, 2.45) is 0 Å². The normalized spacial score (nSPS) is 10.7. The number of rotatable bonds is 5. The third kappa shape index (κ3) is 3.80. The number of aromatic nitrogens is 3. The van der Waals surface area contributed by atoms with Gasteiger partial charge in [0.15, 0.2) is 5.82 Å². The predicted molar refractivity (Wildman–Crippen MR) is 91.3 cm³/mol. The second-order valence-electron chi connectivity index (χ2n) is 5.12. The van der Waals surface area contributed by atoms with E-state index in [0.29, 0.717) is 5.56 Å². The van der Waals surface area contributed by atoms with Crippen LogP contribution in [-0.2, 0) is 4.79 Å². The molecule has 3 rings (SSSR count). The Morgan fingerprint density at radius 3 is 2.50 bits per heavy atom. The molecule has 0 atom stereocenters. The zero-order valence-electron chi connectivity index (χ0n) is 13.1. The largest absolute Gasteiger partial charge is 0.335 e. The van der Waals surface area contributed by atoms with Crippen molar-refractivity contribution in [2.75, 3.05) is 16.9 Å². The lowest BCUT2D eigenvalue weighted by Gasteiger charge is -2.07. The van der Waals surface area contributed by atoms with Gasteiger partial charge in [0.2, 0.25) is 11.1 Å². The van der Waals surface area contributed by atoms with Crippen LogP contribution < -0.4 is 11.2 Å². The van der Waals surface area contributed by atoms with Crippen LogP contribution in [0.5, 0.6) is 0 Å². The first-order valence-electron chi connectivity index (χ1n) is 7.29. The number of nitrogen functional groups attached to an aromatic ring is 1. The SMILES string of the molecule is Nn1c(SCC(=O)Nc2c(F)cccc2F)nnc1-c1cccc(F)c1. The van der Waals surface area contributed by atoms with Gasteiger partial charge in [-0.05, 0) is 24.3 Å². The summed E-state index contributed by atoms with van der Waals surface area (Å²) < 4.78 is 41.5. The van der Waals surface area contributed by atoms with Crippen LogP contribution in [-0.4, -0.2) is 26.5 Å². The van der Waals surface area contributed by atoms with Gasteiger partial charge in [0, 0.05) is 5.56 Å². The number of carbonyl (C=O) groups is 1. The lowest BCUT2D eigenvalue weighted by atomic mass is 10.2. The Kier molecular flexibility index (Phi) is 5.12. The molecule has 0 aliphatic rings. The van der Waals surface area contributed by atoms with E-state index >= 15 is 0 Å².